The topological polar surface area (TPSA) is 119 Å². The fourth-order valence-electron chi connectivity index (χ4n) is 4.65. The van der Waals surface area contributed by atoms with Crippen molar-refractivity contribution in [2.45, 2.75) is 19.4 Å². The molecule has 1 aromatic carbocycles. The molecule has 1 saturated heterocycles. The number of hydrogen-bond donors (Lipinski definition) is 3. The van der Waals surface area contributed by atoms with E-state index in [1.165, 1.54) is 6.08 Å². The first-order chi connectivity index (χ1) is 18.8. The third-order valence-corrected chi connectivity index (χ3v) is 6.43. The van der Waals surface area contributed by atoms with Gasteiger partial charge in [-0.3, -0.25) is 9.69 Å². The van der Waals surface area contributed by atoms with Gasteiger partial charge in [-0.2, -0.15) is 0 Å². The summed E-state index contributed by atoms with van der Waals surface area (Å²) in [6, 6.07) is 13.5. The molecule has 4 aromatic rings. The number of nitrogens with zero attached hydrogens (tertiary/aromatic N) is 6. The second-order valence-corrected chi connectivity index (χ2v) is 10.2. The maximum atomic E-state index is 11.7. The molecule has 200 valence electrons. The molecular formula is C29H32N8O2. The minimum atomic E-state index is -0.691. The first-order valence-corrected chi connectivity index (χ1v) is 12.9. The van der Waals surface area contributed by atoms with Crippen LogP contribution in [0, 0.1) is 0 Å². The highest BCUT2D eigenvalue weighted by Gasteiger charge is 2.23. The third-order valence-electron chi connectivity index (χ3n) is 6.43. The Hall–Kier alpha value is -4.41. The van der Waals surface area contributed by atoms with Crippen LogP contribution in [-0.4, -0.2) is 74.2 Å². The van der Waals surface area contributed by atoms with Crippen molar-refractivity contribution in [2.24, 2.45) is 0 Å². The largest absolute Gasteiger partial charge is 0.389 e. The second kappa shape index (κ2) is 11.1. The summed E-state index contributed by atoms with van der Waals surface area (Å²) in [6.07, 6.45) is 6.42. The number of pyridine rings is 2. The molecule has 39 heavy (non-hydrogen) atoms. The van der Waals surface area contributed by atoms with E-state index in [4.69, 9.17) is 4.98 Å². The number of aromatic nitrogens is 4. The Morgan fingerprint density at radius 3 is 2.62 bits per heavy atom. The van der Waals surface area contributed by atoms with Crippen LogP contribution in [0.1, 0.15) is 13.8 Å². The van der Waals surface area contributed by atoms with Gasteiger partial charge in [0.25, 0.3) is 0 Å². The van der Waals surface area contributed by atoms with Crippen molar-refractivity contribution in [3.05, 3.63) is 73.7 Å². The standard InChI is InChI=1S/C29H32N8O2/c1-4-26(38)34-24-16-20(10-11-30-24)23-7-5-6-21-17-32-28(35-27(21)23)33-22-8-9-25(31-18-22)37-14-12-36(13-15-37)19-29(2,3)39/h4-11,16-18,39H,1,12-15,19H2,2-3H3,(H,30,34,38)(H,32,33,35). The van der Waals surface area contributed by atoms with Crippen LogP contribution in [0.5, 0.6) is 0 Å². The first-order valence-electron chi connectivity index (χ1n) is 12.9. The van der Waals surface area contributed by atoms with Crippen LogP contribution in [0.25, 0.3) is 22.0 Å². The van der Waals surface area contributed by atoms with Gasteiger partial charge in [-0.1, -0.05) is 24.8 Å². The summed E-state index contributed by atoms with van der Waals surface area (Å²) in [5.74, 6) is 1.49. The van der Waals surface area contributed by atoms with Gasteiger partial charge < -0.3 is 20.6 Å². The molecule has 1 amide bonds. The molecule has 5 rings (SSSR count). The van der Waals surface area contributed by atoms with Crippen molar-refractivity contribution < 1.29 is 9.90 Å². The molecule has 1 fully saturated rings. The maximum Gasteiger partial charge on any atom is 0.248 e. The van der Waals surface area contributed by atoms with E-state index >= 15 is 0 Å². The monoisotopic (exact) mass is 524 g/mol. The predicted molar refractivity (Wildman–Crippen MR) is 154 cm³/mol. The van der Waals surface area contributed by atoms with Gasteiger partial charge in [-0.05, 0) is 49.8 Å². The molecule has 0 unspecified atom stereocenters. The zero-order chi connectivity index (χ0) is 27.4. The number of piperazine rings is 1. The number of rotatable bonds is 8. The number of β-amino-alcohol motifs (C(OH)–C–C–N with tert-alkyl or cyclic N) is 1. The molecule has 0 spiro atoms. The second-order valence-electron chi connectivity index (χ2n) is 10.2. The number of para-hydroxylation sites is 1. The van der Waals surface area contributed by atoms with E-state index in [-0.39, 0.29) is 5.91 Å². The summed E-state index contributed by atoms with van der Waals surface area (Å²) in [5, 5.41) is 16.9. The van der Waals surface area contributed by atoms with Crippen LogP contribution in [0.2, 0.25) is 0 Å². The van der Waals surface area contributed by atoms with Crippen molar-refractivity contribution in [3.63, 3.8) is 0 Å². The van der Waals surface area contributed by atoms with Crippen LogP contribution >= 0.6 is 0 Å². The number of benzene rings is 1. The average molecular weight is 525 g/mol. The highest BCUT2D eigenvalue weighted by atomic mass is 16.3. The lowest BCUT2D eigenvalue weighted by Gasteiger charge is -2.37. The number of anilines is 4. The van der Waals surface area contributed by atoms with Gasteiger partial charge in [0.2, 0.25) is 11.9 Å². The van der Waals surface area contributed by atoms with E-state index in [9.17, 15) is 9.90 Å². The summed E-state index contributed by atoms with van der Waals surface area (Å²) in [5.41, 5.74) is 2.63. The average Bonchev–Trinajstić information content (AvgIpc) is 2.93. The SMILES string of the molecule is C=CC(=O)Nc1cc(-c2cccc3cnc(Nc4ccc(N5CCN(CC(C)(C)O)CC5)nc4)nc23)ccn1. The summed E-state index contributed by atoms with van der Waals surface area (Å²) >= 11 is 0. The molecule has 1 aliphatic rings. The Balaban J connectivity index is 1.30. The van der Waals surface area contributed by atoms with Crippen molar-refractivity contribution in [1.82, 2.24) is 24.8 Å². The van der Waals surface area contributed by atoms with E-state index in [1.54, 1.807) is 24.7 Å². The van der Waals surface area contributed by atoms with Gasteiger partial charge in [0.05, 0.1) is 23.0 Å². The number of carbonyl (C=O) groups excluding carboxylic acids is 1. The Morgan fingerprint density at radius 2 is 1.90 bits per heavy atom. The molecule has 0 bridgehead atoms. The lowest BCUT2D eigenvalue weighted by Crippen LogP contribution is -2.50. The van der Waals surface area contributed by atoms with Gasteiger partial charge in [0.15, 0.2) is 0 Å². The fourth-order valence-corrected chi connectivity index (χ4v) is 4.65. The number of carbonyl (C=O) groups is 1. The van der Waals surface area contributed by atoms with E-state index in [0.717, 1.165) is 59.7 Å². The lowest BCUT2D eigenvalue weighted by molar-refractivity contribution is -0.111. The molecule has 0 aliphatic carbocycles. The Morgan fingerprint density at radius 1 is 1.08 bits per heavy atom. The Labute approximate surface area is 227 Å². The molecule has 4 heterocycles. The molecule has 10 nitrogen and oxygen atoms in total. The minimum Gasteiger partial charge on any atom is -0.389 e. The number of nitrogens with one attached hydrogen (secondary N) is 2. The van der Waals surface area contributed by atoms with Gasteiger partial charge >= 0.3 is 0 Å². The van der Waals surface area contributed by atoms with E-state index in [1.807, 2.05) is 50.2 Å². The summed E-state index contributed by atoms with van der Waals surface area (Å²) in [4.78, 5) is 34.4. The molecule has 0 radical (unpaired) electrons. The quantitative estimate of drug-likeness (QED) is 0.295. The number of aliphatic hydroxyl groups is 1. The van der Waals surface area contributed by atoms with Gasteiger partial charge in [0.1, 0.15) is 11.6 Å². The predicted octanol–water partition coefficient (Wildman–Crippen LogP) is 3.85. The zero-order valence-electron chi connectivity index (χ0n) is 22.1. The van der Waals surface area contributed by atoms with Crippen LogP contribution in [-0.2, 0) is 4.79 Å². The van der Waals surface area contributed by atoms with Gasteiger partial charge in [-0.15, -0.1) is 0 Å². The highest BCUT2D eigenvalue weighted by molar-refractivity contribution is 5.99. The molecule has 3 aromatic heterocycles. The molecule has 0 saturated carbocycles. The highest BCUT2D eigenvalue weighted by Crippen LogP contribution is 2.29. The Kier molecular flexibility index (Phi) is 7.49. The van der Waals surface area contributed by atoms with Crippen LogP contribution in [0.15, 0.2) is 73.7 Å². The molecule has 3 N–H and O–H groups in total. The summed E-state index contributed by atoms with van der Waals surface area (Å²) in [6.45, 7) is 11.3. The van der Waals surface area contributed by atoms with Crippen molar-refractivity contribution in [1.29, 1.82) is 0 Å². The number of hydrogen-bond acceptors (Lipinski definition) is 9. The number of amides is 1. The summed E-state index contributed by atoms with van der Waals surface area (Å²) in [7, 11) is 0. The van der Waals surface area contributed by atoms with Crippen LogP contribution in [0.3, 0.4) is 0 Å². The van der Waals surface area contributed by atoms with Gasteiger partial charge in [-0.25, -0.2) is 19.9 Å². The number of fused-ring (bicyclic) bond motifs is 1. The third kappa shape index (κ3) is 6.54. The first kappa shape index (κ1) is 26.2. The molecule has 0 atom stereocenters. The zero-order valence-corrected chi connectivity index (χ0v) is 22.1. The van der Waals surface area contributed by atoms with Crippen LogP contribution in [0.4, 0.5) is 23.3 Å². The smallest absolute Gasteiger partial charge is 0.248 e. The van der Waals surface area contributed by atoms with Crippen LogP contribution < -0.4 is 15.5 Å². The van der Waals surface area contributed by atoms with E-state index in [0.29, 0.717) is 18.3 Å². The van der Waals surface area contributed by atoms with E-state index in [2.05, 4.69) is 42.0 Å². The fraction of sp³-hybridized carbons (Fsp3) is 0.276. The Bertz CT molecular complexity index is 1480. The summed E-state index contributed by atoms with van der Waals surface area (Å²) < 4.78 is 0. The minimum absolute atomic E-state index is 0.320. The van der Waals surface area contributed by atoms with Crippen molar-refractivity contribution in [3.8, 4) is 11.1 Å². The maximum absolute atomic E-state index is 11.7. The van der Waals surface area contributed by atoms with Gasteiger partial charge in [0, 0.05) is 56.1 Å². The lowest BCUT2D eigenvalue weighted by atomic mass is 10.0. The molecular weight excluding hydrogens is 492 g/mol. The van der Waals surface area contributed by atoms with Crippen molar-refractivity contribution in [2.75, 3.05) is 48.3 Å². The molecule has 1 aliphatic heterocycles. The van der Waals surface area contributed by atoms with E-state index < -0.39 is 5.60 Å². The van der Waals surface area contributed by atoms with Crippen molar-refractivity contribution >= 4 is 40.1 Å². The normalized spacial score (nSPS) is 14.3. The molecule has 10 heteroatoms.